The van der Waals surface area contributed by atoms with Crippen LogP contribution in [-0.4, -0.2) is 27.7 Å². The Kier molecular flexibility index (Phi) is 4.67. The fourth-order valence-corrected chi connectivity index (χ4v) is 4.02. The number of halogens is 1. The highest BCUT2D eigenvalue weighted by molar-refractivity contribution is 9.10. The molecule has 0 N–H and O–H groups in total. The Hall–Kier alpha value is -1.41. The highest BCUT2D eigenvalue weighted by Gasteiger charge is 2.36. The molecule has 1 atom stereocenters. The van der Waals surface area contributed by atoms with Crippen LogP contribution in [0.2, 0.25) is 0 Å². The number of carbonyl (C=O) groups is 2. The van der Waals surface area contributed by atoms with Gasteiger partial charge in [-0.25, -0.2) is 0 Å². The first-order valence-electron chi connectivity index (χ1n) is 6.21. The molecule has 2 rings (SSSR count). The van der Waals surface area contributed by atoms with Crippen molar-refractivity contribution in [2.45, 2.75) is 25.5 Å². The minimum atomic E-state index is -0.494. The van der Waals surface area contributed by atoms with E-state index in [0.29, 0.717) is 11.0 Å². The van der Waals surface area contributed by atoms with Crippen molar-refractivity contribution >= 4 is 50.1 Å². The van der Waals surface area contributed by atoms with Gasteiger partial charge in [0.05, 0.1) is 4.92 Å². The summed E-state index contributed by atoms with van der Waals surface area (Å²) >= 11 is 4.40. The summed E-state index contributed by atoms with van der Waals surface area (Å²) in [5, 5.41) is 11.0. The molecule has 1 unspecified atom stereocenters. The van der Waals surface area contributed by atoms with E-state index >= 15 is 0 Å². The molecule has 1 aliphatic rings. The van der Waals surface area contributed by atoms with Crippen molar-refractivity contribution in [3.63, 3.8) is 0 Å². The van der Waals surface area contributed by atoms with Gasteiger partial charge in [-0.15, -0.1) is 0 Å². The quantitative estimate of drug-likeness (QED) is 0.601. The Morgan fingerprint density at radius 3 is 2.76 bits per heavy atom. The van der Waals surface area contributed by atoms with E-state index in [2.05, 4.69) is 15.9 Å². The van der Waals surface area contributed by atoms with Crippen LogP contribution in [0.25, 0.3) is 0 Å². The van der Waals surface area contributed by atoms with Crippen molar-refractivity contribution < 1.29 is 14.5 Å². The first kappa shape index (κ1) is 16.0. The summed E-state index contributed by atoms with van der Waals surface area (Å²) in [5.74, 6) is -0.207. The monoisotopic (exact) mass is 372 g/mol. The molecule has 0 bridgehead atoms. The summed E-state index contributed by atoms with van der Waals surface area (Å²) in [6.07, 6.45) is 0.210. The van der Waals surface area contributed by atoms with Gasteiger partial charge in [0.15, 0.2) is 5.12 Å². The third-order valence-electron chi connectivity index (χ3n) is 3.08. The first-order valence-corrected chi connectivity index (χ1v) is 7.89. The van der Waals surface area contributed by atoms with Crippen molar-refractivity contribution in [2.75, 3.05) is 11.4 Å². The van der Waals surface area contributed by atoms with Gasteiger partial charge in [-0.2, -0.15) is 0 Å². The number of benzene rings is 1. The lowest BCUT2D eigenvalue weighted by atomic mass is 10.2. The van der Waals surface area contributed by atoms with E-state index in [9.17, 15) is 19.7 Å². The number of aryl methyl sites for hydroxylation is 1. The van der Waals surface area contributed by atoms with Crippen LogP contribution in [0.15, 0.2) is 16.6 Å². The van der Waals surface area contributed by atoms with Gasteiger partial charge < -0.3 is 4.90 Å². The van der Waals surface area contributed by atoms with Gasteiger partial charge in [0.25, 0.3) is 5.69 Å². The zero-order valence-corrected chi connectivity index (χ0v) is 13.9. The van der Waals surface area contributed by atoms with Crippen LogP contribution in [0.1, 0.15) is 18.9 Å². The van der Waals surface area contributed by atoms with Gasteiger partial charge in [0.2, 0.25) is 5.91 Å². The SMILES string of the molecule is CC(=O)SC1CC(=O)N(c2c(Br)cc(C)cc2[N+](=O)[O-])C1. The molecule has 0 saturated carbocycles. The normalized spacial score (nSPS) is 18.1. The zero-order chi connectivity index (χ0) is 15.7. The van der Waals surface area contributed by atoms with E-state index in [1.807, 2.05) is 0 Å². The summed E-state index contributed by atoms with van der Waals surface area (Å²) in [7, 11) is 0. The minimum absolute atomic E-state index is 0.0629. The number of amides is 1. The number of anilines is 1. The molecule has 112 valence electrons. The second-order valence-electron chi connectivity index (χ2n) is 4.81. The molecule has 1 aromatic rings. The van der Waals surface area contributed by atoms with Gasteiger partial charge >= 0.3 is 0 Å². The van der Waals surface area contributed by atoms with Crippen LogP contribution < -0.4 is 4.90 Å². The fourth-order valence-electron chi connectivity index (χ4n) is 2.33. The number of hydrogen-bond donors (Lipinski definition) is 0. The topological polar surface area (TPSA) is 80.5 Å². The lowest BCUT2D eigenvalue weighted by Gasteiger charge is -2.18. The van der Waals surface area contributed by atoms with E-state index in [1.54, 1.807) is 13.0 Å². The minimum Gasteiger partial charge on any atom is -0.304 e. The number of thioether (sulfide) groups is 1. The summed E-state index contributed by atoms with van der Waals surface area (Å²) in [6.45, 7) is 3.50. The van der Waals surface area contributed by atoms with Crippen molar-refractivity contribution in [3.05, 3.63) is 32.3 Å². The lowest BCUT2D eigenvalue weighted by molar-refractivity contribution is -0.384. The predicted octanol–water partition coefficient (Wildman–Crippen LogP) is 3.05. The summed E-state index contributed by atoms with van der Waals surface area (Å²) in [5.41, 5.74) is 0.893. The average molecular weight is 373 g/mol. The van der Waals surface area contributed by atoms with Crippen LogP contribution in [0, 0.1) is 17.0 Å². The molecule has 1 aromatic carbocycles. The summed E-state index contributed by atoms with van der Waals surface area (Å²) < 4.78 is 0.510. The average Bonchev–Trinajstić information content (AvgIpc) is 2.67. The van der Waals surface area contributed by atoms with E-state index < -0.39 is 4.92 Å². The zero-order valence-electron chi connectivity index (χ0n) is 11.5. The number of nitro benzene ring substituents is 1. The van der Waals surface area contributed by atoms with Crippen LogP contribution >= 0.6 is 27.7 Å². The fraction of sp³-hybridized carbons (Fsp3) is 0.385. The molecular formula is C13H13BrN2O4S. The van der Waals surface area contributed by atoms with Crippen LogP contribution in [-0.2, 0) is 9.59 Å². The van der Waals surface area contributed by atoms with Gasteiger partial charge in [0, 0.05) is 35.7 Å². The Labute approximate surface area is 134 Å². The largest absolute Gasteiger partial charge is 0.304 e. The van der Waals surface area contributed by atoms with Crippen molar-refractivity contribution in [1.82, 2.24) is 0 Å². The Morgan fingerprint density at radius 1 is 1.52 bits per heavy atom. The van der Waals surface area contributed by atoms with Gasteiger partial charge in [-0.05, 0) is 34.5 Å². The second-order valence-corrected chi connectivity index (χ2v) is 7.14. The van der Waals surface area contributed by atoms with Crippen molar-refractivity contribution in [1.29, 1.82) is 0 Å². The molecule has 1 fully saturated rings. The molecule has 1 saturated heterocycles. The predicted molar refractivity (Wildman–Crippen MR) is 84.6 cm³/mol. The number of rotatable bonds is 3. The third kappa shape index (κ3) is 3.44. The van der Waals surface area contributed by atoms with Crippen LogP contribution in [0.5, 0.6) is 0 Å². The molecule has 0 radical (unpaired) electrons. The molecule has 1 aliphatic heterocycles. The number of hydrogen-bond acceptors (Lipinski definition) is 5. The highest BCUT2D eigenvalue weighted by atomic mass is 79.9. The van der Waals surface area contributed by atoms with Crippen molar-refractivity contribution in [2.24, 2.45) is 0 Å². The maximum absolute atomic E-state index is 12.1. The van der Waals surface area contributed by atoms with Crippen LogP contribution in [0.4, 0.5) is 11.4 Å². The molecule has 6 nitrogen and oxygen atoms in total. The van der Waals surface area contributed by atoms with E-state index in [1.165, 1.54) is 17.9 Å². The van der Waals surface area contributed by atoms with E-state index in [0.717, 1.165) is 17.3 Å². The molecule has 1 heterocycles. The maximum atomic E-state index is 12.1. The number of nitrogens with zero attached hydrogens (tertiary/aromatic N) is 2. The maximum Gasteiger partial charge on any atom is 0.294 e. The standard InChI is InChI=1S/C13H13BrN2O4S/c1-7-3-10(14)13(11(4-7)16(19)20)15-6-9(5-12(15)18)21-8(2)17/h3-4,9H,5-6H2,1-2H3. The molecule has 21 heavy (non-hydrogen) atoms. The van der Waals surface area contributed by atoms with Gasteiger partial charge in [0.1, 0.15) is 5.69 Å². The Balaban J connectivity index is 2.40. The molecule has 0 aliphatic carbocycles. The number of nitro groups is 1. The molecule has 1 amide bonds. The molecule has 0 aromatic heterocycles. The second kappa shape index (κ2) is 6.15. The molecular weight excluding hydrogens is 360 g/mol. The van der Waals surface area contributed by atoms with Crippen molar-refractivity contribution in [3.8, 4) is 0 Å². The first-order chi connectivity index (χ1) is 9.79. The lowest BCUT2D eigenvalue weighted by Crippen LogP contribution is -2.26. The molecule has 8 heteroatoms. The third-order valence-corrected chi connectivity index (χ3v) is 4.66. The van der Waals surface area contributed by atoms with Gasteiger partial charge in [-0.3, -0.25) is 19.7 Å². The molecule has 0 spiro atoms. The summed E-state index contributed by atoms with van der Waals surface area (Å²) in [4.78, 5) is 35.4. The highest BCUT2D eigenvalue weighted by Crippen LogP contribution is 2.40. The van der Waals surface area contributed by atoms with Gasteiger partial charge in [-0.1, -0.05) is 11.8 Å². The Bertz CT molecular complexity index is 635. The Morgan fingerprint density at radius 2 is 2.19 bits per heavy atom. The number of carbonyl (C=O) groups excluding carboxylic acids is 2. The summed E-state index contributed by atoms with van der Waals surface area (Å²) in [6, 6.07) is 3.18. The van der Waals surface area contributed by atoms with Crippen LogP contribution in [0.3, 0.4) is 0 Å². The van der Waals surface area contributed by atoms with E-state index in [-0.39, 0.29) is 34.1 Å². The van der Waals surface area contributed by atoms with E-state index in [4.69, 9.17) is 0 Å². The smallest absolute Gasteiger partial charge is 0.294 e.